The Morgan fingerprint density at radius 1 is 1.38 bits per heavy atom. The van der Waals surface area contributed by atoms with Crippen molar-refractivity contribution in [1.82, 2.24) is 10.6 Å². The van der Waals surface area contributed by atoms with E-state index in [4.69, 9.17) is 23.2 Å². The van der Waals surface area contributed by atoms with Gasteiger partial charge >= 0.3 is 0 Å². The van der Waals surface area contributed by atoms with Crippen molar-refractivity contribution in [3.05, 3.63) is 33.8 Å². The molecule has 16 heavy (non-hydrogen) atoms. The first-order valence-electron chi connectivity index (χ1n) is 5.16. The molecule has 0 radical (unpaired) electrons. The van der Waals surface area contributed by atoms with Crippen molar-refractivity contribution < 1.29 is 0 Å². The van der Waals surface area contributed by atoms with Gasteiger partial charge in [0.2, 0.25) is 0 Å². The Morgan fingerprint density at radius 2 is 2.19 bits per heavy atom. The smallest absolute Gasteiger partial charge is 0.191 e. The lowest BCUT2D eigenvalue weighted by atomic mass is 10.1. The summed E-state index contributed by atoms with van der Waals surface area (Å²) in [7, 11) is 0. The molecule has 0 spiro atoms. The Labute approximate surface area is 105 Å². The van der Waals surface area contributed by atoms with Crippen molar-refractivity contribution in [1.29, 1.82) is 0 Å². The van der Waals surface area contributed by atoms with Gasteiger partial charge in [-0.15, -0.1) is 0 Å². The lowest BCUT2D eigenvalue weighted by Crippen LogP contribution is -2.35. The molecule has 0 aliphatic carbocycles. The largest absolute Gasteiger partial charge is 0.355 e. The van der Waals surface area contributed by atoms with Crippen molar-refractivity contribution in [2.45, 2.75) is 13.0 Å². The van der Waals surface area contributed by atoms with Gasteiger partial charge in [-0.1, -0.05) is 29.3 Å². The Hall–Kier alpha value is -0.930. The zero-order chi connectivity index (χ0) is 11.5. The summed E-state index contributed by atoms with van der Waals surface area (Å²) in [5.74, 6) is 0.846. The minimum absolute atomic E-state index is 0.152. The fourth-order valence-corrected chi connectivity index (χ4v) is 1.87. The minimum Gasteiger partial charge on any atom is -0.355 e. The molecule has 0 amide bonds. The van der Waals surface area contributed by atoms with Crippen LogP contribution in [0.15, 0.2) is 23.2 Å². The van der Waals surface area contributed by atoms with Gasteiger partial charge in [-0.05, 0) is 24.6 Å². The van der Waals surface area contributed by atoms with E-state index in [2.05, 4.69) is 22.5 Å². The van der Waals surface area contributed by atoms with Crippen LogP contribution in [-0.2, 0) is 0 Å². The normalized spacial score (nSPS) is 16.6. The lowest BCUT2D eigenvalue weighted by molar-refractivity contribution is 0.702. The first-order chi connectivity index (χ1) is 7.66. The van der Waals surface area contributed by atoms with Gasteiger partial charge in [0.05, 0.1) is 22.6 Å². The Morgan fingerprint density at radius 3 is 2.81 bits per heavy atom. The number of nitrogens with zero attached hydrogens (tertiary/aromatic N) is 1. The first kappa shape index (κ1) is 11.6. The number of hydrogen-bond acceptors (Lipinski definition) is 3. The number of rotatable bonds is 2. The predicted octanol–water partition coefficient (Wildman–Crippen LogP) is 2.60. The summed E-state index contributed by atoms with van der Waals surface area (Å²) in [4.78, 5) is 4.28. The van der Waals surface area contributed by atoms with Crippen molar-refractivity contribution in [2.24, 2.45) is 4.99 Å². The van der Waals surface area contributed by atoms with Crippen LogP contribution in [-0.4, -0.2) is 19.0 Å². The van der Waals surface area contributed by atoms with Gasteiger partial charge < -0.3 is 10.6 Å². The van der Waals surface area contributed by atoms with Gasteiger partial charge in [0, 0.05) is 6.54 Å². The van der Waals surface area contributed by atoms with Gasteiger partial charge in [-0.3, -0.25) is 4.99 Å². The monoisotopic (exact) mass is 257 g/mol. The van der Waals surface area contributed by atoms with Crippen LogP contribution in [0.5, 0.6) is 0 Å². The molecule has 1 aliphatic rings. The third-order valence-electron chi connectivity index (χ3n) is 2.47. The van der Waals surface area contributed by atoms with Crippen molar-refractivity contribution in [3.63, 3.8) is 0 Å². The van der Waals surface area contributed by atoms with Crippen molar-refractivity contribution in [3.8, 4) is 0 Å². The lowest BCUT2D eigenvalue weighted by Gasteiger charge is -2.16. The summed E-state index contributed by atoms with van der Waals surface area (Å²) in [6, 6.07) is 5.79. The van der Waals surface area contributed by atoms with Crippen molar-refractivity contribution >= 4 is 29.2 Å². The number of aliphatic imine (C=N–C) groups is 1. The molecule has 1 aromatic carbocycles. The highest BCUT2D eigenvalue weighted by Crippen LogP contribution is 2.25. The molecule has 3 nitrogen and oxygen atoms in total. The highest BCUT2D eigenvalue weighted by Gasteiger charge is 2.11. The van der Waals surface area contributed by atoms with E-state index in [1.165, 1.54) is 0 Å². The standard InChI is InChI=1S/C11H13Cl2N3/c1-7(16-11-14-4-5-15-11)8-2-3-9(12)10(13)6-8/h2-3,6-7H,4-5H2,1H3,(H2,14,15,16). The van der Waals surface area contributed by atoms with E-state index >= 15 is 0 Å². The summed E-state index contributed by atoms with van der Waals surface area (Å²) in [5, 5.41) is 7.60. The Bertz CT molecular complexity index is 418. The molecule has 0 fully saturated rings. The zero-order valence-electron chi connectivity index (χ0n) is 8.93. The van der Waals surface area contributed by atoms with E-state index in [0.29, 0.717) is 10.0 Å². The molecule has 5 heteroatoms. The molecule has 2 N–H and O–H groups in total. The van der Waals surface area contributed by atoms with Gasteiger partial charge in [0.1, 0.15) is 0 Å². The quantitative estimate of drug-likeness (QED) is 0.855. The summed E-state index contributed by atoms with van der Waals surface area (Å²) < 4.78 is 0. The molecule has 1 heterocycles. The maximum atomic E-state index is 5.97. The van der Waals surface area contributed by atoms with Crippen LogP contribution >= 0.6 is 23.2 Å². The third-order valence-corrected chi connectivity index (χ3v) is 3.21. The summed E-state index contributed by atoms with van der Waals surface area (Å²) in [6.45, 7) is 3.79. The molecule has 1 unspecified atom stereocenters. The average molecular weight is 258 g/mol. The van der Waals surface area contributed by atoms with Gasteiger partial charge in [-0.2, -0.15) is 0 Å². The third kappa shape index (κ3) is 2.60. The van der Waals surface area contributed by atoms with Crippen LogP contribution in [0.2, 0.25) is 10.0 Å². The SMILES string of the molecule is CC(NC1=NCCN1)c1ccc(Cl)c(Cl)c1. The molecule has 0 bridgehead atoms. The molecular weight excluding hydrogens is 245 g/mol. The summed E-state index contributed by atoms with van der Waals surface area (Å²) in [5.41, 5.74) is 1.09. The second-order valence-corrected chi connectivity index (χ2v) is 4.51. The van der Waals surface area contributed by atoms with Crippen LogP contribution in [0, 0.1) is 0 Å². The van der Waals surface area contributed by atoms with Crippen LogP contribution in [0.4, 0.5) is 0 Å². The van der Waals surface area contributed by atoms with Crippen LogP contribution in [0.3, 0.4) is 0 Å². The fraction of sp³-hybridized carbons (Fsp3) is 0.364. The van der Waals surface area contributed by atoms with E-state index in [1.54, 1.807) is 6.07 Å². The number of hydrogen-bond donors (Lipinski definition) is 2. The summed E-state index contributed by atoms with van der Waals surface area (Å²) in [6.07, 6.45) is 0. The van der Waals surface area contributed by atoms with Crippen LogP contribution in [0.1, 0.15) is 18.5 Å². The highest BCUT2D eigenvalue weighted by molar-refractivity contribution is 6.42. The number of nitrogens with one attached hydrogen (secondary N) is 2. The van der Waals surface area contributed by atoms with Gasteiger partial charge in [-0.25, -0.2) is 0 Å². The van der Waals surface area contributed by atoms with Crippen LogP contribution in [0.25, 0.3) is 0 Å². The number of benzene rings is 1. The van der Waals surface area contributed by atoms with Gasteiger partial charge in [0.25, 0.3) is 0 Å². The maximum Gasteiger partial charge on any atom is 0.191 e. The molecule has 0 aromatic heterocycles. The molecule has 86 valence electrons. The molecule has 1 atom stereocenters. The highest BCUT2D eigenvalue weighted by atomic mass is 35.5. The minimum atomic E-state index is 0.152. The zero-order valence-corrected chi connectivity index (χ0v) is 10.4. The maximum absolute atomic E-state index is 5.97. The molecule has 1 aliphatic heterocycles. The Balaban J connectivity index is 2.08. The predicted molar refractivity (Wildman–Crippen MR) is 68.3 cm³/mol. The van der Waals surface area contributed by atoms with E-state index in [1.807, 2.05) is 12.1 Å². The van der Waals surface area contributed by atoms with Crippen LogP contribution < -0.4 is 10.6 Å². The van der Waals surface area contributed by atoms with E-state index < -0.39 is 0 Å². The summed E-state index contributed by atoms with van der Waals surface area (Å²) >= 11 is 11.8. The fourth-order valence-electron chi connectivity index (χ4n) is 1.56. The van der Waals surface area contributed by atoms with Gasteiger partial charge in [0.15, 0.2) is 5.96 Å². The Kier molecular flexibility index (Phi) is 3.56. The molecule has 1 aromatic rings. The first-order valence-corrected chi connectivity index (χ1v) is 5.92. The topological polar surface area (TPSA) is 36.4 Å². The molecular formula is C11H13Cl2N3. The van der Waals surface area contributed by atoms with E-state index in [-0.39, 0.29) is 6.04 Å². The second kappa shape index (κ2) is 4.93. The second-order valence-electron chi connectivity index (χ2n) is 3.70. The van der Waals surface area contributed by atoms with E-state index in [0.717, 1.165) is 24.6 Å². The molecule has 0 saturated heterocycles. The number of halogens is 2. The van der Waals surface area contributed by atoms with Crippen molar-refractivity contribution in [2.75, 3.05) is 13.1 Å². The molecule has 2 rings (SSSR count). The average Bonchev–Trinajstić information content (AvgIpc) is 2.74. The van der Waals surface area contributed by atoms with E-state index in [9.17, 15) is 0 Å². The molecule has 0 saturated carbocycles. The number of guanidine groups is 1.